The molecule has 2 N–H and O–H groups in total. The van der Waals surface area contributed by atoms with Crippen LogP contribution in [-0.2, 0) is 4.57 Å². The quantitative estimate of drug-likeness (QED) is 0.756. The molecule has 0 amide bonds. The maximum Gasteiger partial charge on any atom is 0.362 e. The first kappa shape index (κ1) is 11.2. The second-order valence-corrected chi connectivity index (χ2v) is 4.85. The van der Waals surface area contributed by atoms with Crippen molar-refractivity contribution >= 4 is 7.60 Å². The van der Waals surface area contributed by atoms with Gasteiger partial charge in [0.1, 0.15) is 5.75 Å². The van der Waals surface area contributed by atoms with E-state index in [1.54, 1.807) is 12.1 Å². The molecule has 0 aliphatic carbocycles. The van der Waals surface area contributed by atoms with Gasteiger partial charge in [-0.1, -0.05) is 6.07 Å². The van der Waals surface area contributed by atoms with Crippen molar-refractivity contribution in [1.29, 1.82) is 0 Å². The molecule has 1 aromatic rings. The minimum Gasteiger partial charge on any atom is -0.481 e. The van der Waals surface area contributed by atoms with Gasteiger partial charge >= 0.3 is 7.60 Å². The van der Waals surface area contributed by atoms with Crippen LogP contribution in [0.3, 0.4) is 0 Å². The zero-order valence-electron chi connectivity index (χ0n) is 8.10. The van der Waals surface area contributed by atoms with Gasteiger partial charge in [-0.3, -0.25) is 4.57 Å². The Morgan fingerprint density at radius 2 is 1.71 bits per heavy atom. The zero-order chi connectivity index (χ0) is 10.8. The Hall–Kier alpha value is -0.830. The smallest absolute Gasteiger partial charge is 0.362 e. The number of aryl methyl sites for hydroxylation is 2. The van der Waals surface area contributed by atoms with Crippen molar-refractivity contribution in [3.63, 3.8) is 0 Å². The molecule has 0 unspecified atom stereocenters. The van der Waals surface area contributed by atoms with Gasteiger partial charge in [0, 0.05) is 0 Å². The molecule has 0 saturated carbocycles. The molecule has 78 valence electrons. The third-order valence-electron chi connectivity index (χ3n) is 1.59. The fourth-order valence-corrected chi connectivity index (χ4v) is 1.49. The van der Waals surface area contributed by atoms with Gasteiger partial charge in [0.25, 0.3) is 0 Å². The van der Waals surface area contributed by atoms with Crippen molar-refractivity contribution in [2.24, 2.45) is 0 Å². The molecule has 0 heterocycles. The lowest BCUT2D eigenvalue weighted by Gasteiger charge is -2.08. The molecule has 0 bridgehead atoms. The zero-order valence-corrected chi connectivity index (χ0v) is 8.99. The molecule has 0 spiro atoms. The first-order valence-corrected chi connectivity index (χ1v) is 5.92. The van der Waals surface area contributed by atoms with Crippen LogP contribution in [0, 0.1) is 13.8 Å². The van der Waals surface area contributed by atoms with Gasteiger partial charge in [-0.15, -0.1) is 0 Å². The summed E-state index contributed by atoms with van der Waals surface area (Å²) in [5, 5.41) is 0. The third-order valence-corrected chi connectivity index (χ3v) is 2.06. The maximum atomic E-state index is 10.5. The highest BCUT2D eigenvalue weighted by Gasteiger charge is 2.13. The molecule has 1 rings (SSSR count). The second-order valence-electron chi connectivity index (χ2n) is 3.26. The average Bonchev–Trinajstić information content (AvgIpc) is 1.97. The average molecular weight is 216 g/mol. The molecule has 14 heavy (non-hydrogen) atoms. The molecule has 1 aromatic carbocycles. The topological polar surface area (TPSA) is 66.8 Å². The minimum absolute atomic E-state index is 0.492. The Balaban J connectivity index is 2.73. The SMILES string of the molecule is Cc1cc(C)cc(OCP(=O)(O)O)c1. The third kappa shape index (κ3) is 3.92. The lowest BCUT2D eigenvalue weighted by molar-refractivity contribution is 0.300. The van der Waals surface area contributed by atoms with Crippen molar-refractivity contribution in [1.82, 2.24) is 0 Å². The van der Waals surface area contributed by atoms with Crippen LogP contribution in [0.2, 0.25) is 0 Å². The molecule has 0 aliphatic rings. The Labute approximate surface area is 82.7 Å². The summed E-state index contributed by atoms with van der Waals surface area (Å²) in [5.74, 6) is 0.492. The predicted molar refractivity (Wildman–Crippen MR) is 53.5 cm³/mol. The van der Waals surface area contributed by atoms with Gasteiger partial charge in [-0.25, -0.2) is 0 Å². The first-order valence-electron chi connectivity index (χ1n) is 4.12. The van der Waals surface area contributed by atoms with Crippen molar-refractivity contribution in [2.45, 2.75) is 13.8 Å². The van der Waals surface area contributed by atoms with Crippen molar-refractivity contribution in [2.75, 3.05) is 6.35 Å². The van der Waals surface area contributed by atoms with Crippen LogP contribution >= 0.6 is 7.60 Å². The lowest BCUT2D eigenvalue weighted by Crippen LogP contribution is -1.98. The van der Waals surface area contributed by atoms with Crippen molar-refractivity contribution in [3.05, 3.63) is 29.3 Å². The van der Waals surface area contributed by atoms with Gasteiger partial charge in [0.15, 0.2) is 6.35 Å². The molecule has 0 atom stereocenters. The fraction of sp³-hybridized carbons (Fsp3) is 0.333. The Morgan fingerprint density at radius 1 is 1.21 bits per heavy atom. The van der Waals surface area contributed by atoms with Gasteiger partial charge in [0.2, 0.25) is 0 Å². The number of hydrogen-bond donors (Lipinski definition) is 2. The van der Waals surface area contributed by atoms with E-state index in [1.165, 1.54) is 0 Å². The summed E-state index contributed by atoms with van der Waals surface area (Å²) < 4.78 is 15.5. The predicted octanol–water partition coefficient (Wildman–Crippen LogP) is 1.82. The summed E-state index contributed by atoms with van der Waals surface area (Å²) in [6, 6.07) is 5.44. The second kappa shape index (κ2) is 4.13. The minimum atomic E-state index is -4.08. The van der Waals surface area contributed by atoms with E-state index < -0.39 is 13.9 Å². The van der Waals surface area contributed by atoms with Gasteiger partial charge in [0.05, 0.1) is 0 Å². The van der Waals surface area contributed by atoms with E-state index >= 15 is 0 Å². The van der Waals surface area contributed by atoms with E-state index in [2.05, 4.69) is 0 Å². The molecule has 0 aliphatic heterocycles. The summed E-state index contributed by atoms with van der Waals surface area (Å²) in [6.45, 7) is 3.80. The molecular formula is C9H13O4P. The summed E-state index contributed by atoms with van der Waals surface area (Å²) in [6.07, 6.45) is -0.574. The lowest BCUT2D eigenvalue weighted by atomic mass is 10.1. The number of ether oxygens (including phenoxy) is 1. The maximum absolute atomic E-state index is 10.5. The largest absolute Gasteiger partial charge is 0.481 e. The van der Waals surface area contributed by atoms with Crippen LogP contribution in [0.15, 0.2) is 18.2 Å². The van der Waals surface area contributed by atoms with Crippen LogP contribution in [0.1, 0.15) is 11.1 Å². The van der Waals surface area contributed by atoms with Gasteiger partial charge < -0.3 is 14.5 Å². The Kier molecular flexibility index (Phi) is 3.32. The van der Waals surface area contributed by atoms with Gasteiger partial charge in [-0.2, -0.15) is 0 Å². The Morgan fingerprint density at radius 3 is 2.14 bits per heavy atom. The Bertz CT molecular complexity index is 349. The number of rotatable bonds is 3. The number of benzene rings is 1. The van der Waals surface area contributed by atoms with E-state index in [4.69, 9.17) is 14.5 Å². The molecule has 0 fully saturated rings. The fourth-order valence-electron chi connectivity index (χ4n) is 1.17. The summed E-state index contributed by atoms with van der Waals surface area (Å²) >= 11 is 0. The molecule has 0 aromatic heterocycles. The normalized spacial score (nSPS) is 11.4. The van der Waals surface area contributed by atoms with Crippen molar-refractivity contribution in [3.8, 4) is 5.75 Å². The van der Waals surface area contributed by atoms with E-state index in [9.17, 15) is 4.57 Å². The van der Waals surface area contributed by atoms with E-state index in [1.807, 2.05) is 19.9 Å². The monoisotopic (exact) mass is 216 g/mol. The highest BCUT2D eigenvalue weighted by Crippen LogP contribution is 2.34. The van der Waals surface area contributed by atoms with Crippen molar-refractivity contribution < 1.29 is 19.1 Å². The van der Waals surface area contributed by atoms with Crippen LogP contribution in [0.5, 0.6) is 5.75 Å². The molecule has 4 nitrogen and oxygen atoms in total. The van der Waals surface area contributed by atoms with Crippen LogP contribution in [0.25, 0.3) is 0 Å². The highest BCUT2D eigenvalue weighted by atomic mass is 31.2. The summed E-state index contributed by atoms with van der Waals surface area (Å²) in [4.78, 5) is 17.2. The summed E-state index contributed by atoms with van der Waals surface area (Å²) in [7, 11) is -4.08. The molecule has 5 heteroatoms. The standard InChI is InChI=1S/C9H13O4P/c1-7-3-8(2)5-9(4-7)13-6-14(10,11)12/h3-5H,6H2,1-2H3,(H2,10,11,12). The van der Waals surface area contributed by atoms with Crippen LogP contribution < -0.4 is 4.74 Å². The molecule has 0 radical (unpaired) electrons. The van der Waals surface area contributed by atoms with Crippen LogP contribution in [0.4, 0.5) is 0 Å². The van der Waals surface area contributed by atoms with E-state index in [0.717, 1.165) is 11.1 Å². The molecular weight excluding hydrogens is 203 g/mol. The highest BCUT2D eigenvalue weighted by molar-refractivity contribution is 7.51. The first-order chi connectivity index (χ1) is 6.37. The van der Waals surface area contributed by atoms with Gasteiger partial charge in [-0.05, 0) is 37.1 Å². The van der Waals surface area contributed by atoms with E-state index in [-0.39, 0.29) is 0 Å². The molecule has 0 saturated heterocycles. The summed E-state index contributed by atoms with van der Waals surface area (Å²) in [5.41, 5.74) is 2.01. The van der Waals surface area contributed by atoms with E-state index in [0.29, 0.717) is 5.75 Å². The van der Waals surface area contributed by atoms with Crippen LogP contribution in [-0.4, -0.2) is 16.1 Å². The number of hydrogen-bond acceptors (Lipinski definition) is 2.